The van der Waals surface area contributed by atoms with Gasteiger partial charge in [-0.25, -0.2) is 4.98 Å². The first-order chi connectivity index (χ1) is 10.3. The van der Waals surface area contributed by atoms with Gasteiger partial charge in [-0.1, -0.05) is 0 Å². The van der Waals surface area contributed by atoms with E-state index in [-0.39, 0.29) is 0 Å². The van der Waals surface area contributed by atoms with E-state index in [4.69, 9.17) is 4.74 Å². The molecule has 0 atom stereocenters. The van der Waals surface area contributed by atoms with E-state index in [0.717, 1.165) is 27.9 Å². The first kappa shape index (κ1) is 13.2. The van der Waals surface area contributed by atoms with Crippen molar-refractivity contribution in [2.24, 2.45) is 0 Å². The molecule has 0 bridgehead atoms. The summed E-state index contributed by atoms with van der Waals surface area (Å²) >= 11 is 0. The van der Waals surface area contributed by atoms with E-state index in [1.54, 1.807) is 31.9 Å². The minimum Gasteiger partial charge on any atom is -0.481 e. The third-order valence-electron chi connectivity index (χ3n) is 3.35. The van der Waals surface area contributed by atoms with Crippen molar-refractivity contribution in [2.75, 3.05) is 7.11 Å². The summed E-state index contributed by atoms with van der Waals surface area (Å²) in [7, 11) is 1.64. The molecule has 0 aromatic carbocycles. The van der Waals surface area contributed by atoms with Crippen LogP contribution in [0.3, 0.4) is 0 Å². The number of nitrogens with zero attached hydrogens (tertiary/aromatic N) is 3. The number of hydrogen-bond donors (Lipinski definition) is 0. The Morgan fingerprint density at radius 2 is 1.33 bits per heavy atom. The van der Waals surface area contributed by atoms with Gasteiger partial charge in [0.25, 0.3) is 0 Å². The number of methoxy groups -OCH3 is 1. The van der Waals surface area contributed by atoms with Crippen molar-refractivity contribution in [1.82, 2.24) is 15.0 Å². The highest BCUT2D eigenvalue weighted by Crippen LogP contribution is 2.33. The number of ether oxygens (including phenoxy) is 1. The molecule has 0 N–H and O–H groups in total. The van der Waals surface area contributed by atoms with Gasteiger partial charge in [-0.3, -0.25) is 9.97 Å². The molecule has 0 aliphatic carbocycles. The predicted octanol–water partition coefficient (Wildman–Crippen LogP) is 3.52. The Labute approximate surface area is 123 Å². The molecule has 21 heavy (non-hydrogen) atoms. The van der Waals surface area contributed by atoms with Crippen LogP contribution >= 0.6 is 0 Å². The van der Waals surface area contributed by atoms with Crippen molar-refractivity contribution < 1.29 is 4.74 Å². The largest absolute Gasteiger partial charge is 0.481 e. The molecule has 0 saturated carbocycles. The lowest BCUT2D eigenvalue weighted by Gasteiger charge is -2.13. The lowest BCUT2D eigenvalue weighted by Crippen LogP contribution is -1.97. The summed E-state index contributed by atoms with van der Waals surface area (Å²) in [6.07, 6.45) is 7.09. The second-order valence-corrected chi connectivity index (χ2v) is 4.65. The van der Waals surface area contributed by atoms with E-state index in [0.29, 0.717) is 5.88 Å². The van der Waals surface area contributed by atoms with Crippen molar-refractivity contribution in [3.8, 4) is 28.1 Å². The van der Waals surface area contributed by atoms with Gasteiger partial charge in [0.15, 0.2) is 0 Å². The second-order valence-electron chi connectivity index (χ2n) is 4.65. The van der Waals surface area contributed by atoms with Crippen molar-refractivity contribution in [2.45, 2.75) is 6.92 Å². The van der Waals surface area contributed by atoms with Gasteiger partial charge in [0.1, 0.15) is 0 Å². The highest BCUT2D eigenvalue weighted by Gasteiger charge is 2.12. The molecule has 4 nitrogen and oxygen atoms in total. The Morgan fingerprint density at radius 3 is 1.86 bits per heavy atom. The van der Waals surface area contributed by atoms with Gasteiger partial charge < -0.3 is 4.74 Å². The Morgan fingerprint density at radius 1 is 0.810 bits per heavy atom. The zero-order chi connectivity index (χ0) is 14.7. The SMILES string of the molecule is COc1nc(C)c(-c2ccncc2)cc1-c1ccncc1. The minimum atomic E-state index is 0.622. The number of hydrogen-bond acceptors (Lipinski definition) is 4. The zero-order valence-corrected chi connectivity index (χ0v) is 11.9. The molecular formula is C17H15N3O. The zero-order valence-electron chi connectivity index (χ0n) is 11.9. The third-order valence-corrected chi connectivity index (χ3v) is 3.35. The fourth-order valence-corrected chi connectivity index (χ4v) is 2.30. The van der Waals surface area contributed by atoms with Crippen LogP contribution in [0.5, 0.6) is 5.88 Å². The maximum atomic E-state index is 5.43. The summed E-state index contributed by atoms with van der Waals surface area (Å²) in [4.78, 5) is 12.7. The Hall–Kier alpha value is -2.75. The summed E-state index contributed by atoms with van der Waals surface area (Å²) in [6, 6.07) is 9.96. The van der Waals surface area contributed by atoms with Gasteiger partial charge in [-0.05, 0) is 48.4 Å². The van der Waals surface area contributed by atoms with Gasteiger partial charge in [-0.2, -0.15) is 0 Å². The van der Waals surface area contributed by atoms with E-state index in [1.165, 1.54) is 0 Å². The molecule has 4 heteroatoms. The average molecular weight is 277 g/mol. The summed E-state index contributed by atoms with van der Waals surface area (Å²) in [6.45, 7) is 1.98. The number of aromatic nitrogens is 3. The molecule has 0 radical (unpaired) electrons. The lowest BCUT2D eigenvalue weighted by atomic mass is 10.0. The van der Waals surface area contributed by atoms with Gasteiger partial charge in [-0.15, -0.1) is 0 Å². The monoisotopic (exact) mass is 277 g/mol. The van der Waals surface area contributed by atoms with E-state index in [2.05, 4.69) is 21.0 Å². The maximum absolute atomic E-state index is 5.43. The predicted molar refractivity (Wildman–Crippen MR) is 82.0 cm³/mol. The maximum Gasteiger partial charge on any atom is 0.221 e. The fourth-order valence-electron chi connectivity index (χ4n) is 2.30. The normalized spacial score (nSPS) is 10.4. The highest BCUT2D eigenvalue weighted by atomic mass is 16.5. The van der Waals surface area contributed by atoms with Gasteiger partial charge in [0.2, 0.25) is 5.88 Å². The van der Waals surface area contributed by atoms with Gasteiger partial charge in [0, 0.05) is 41.6 Å². The van der Waals surface area contributed by atoms with E-state index in [1.807, 2.05) is 31.2 Å². The van der Waals surface area contributed by atoms with Gasteiger partial charge in [0.05, 0.1) is 7.11 Å². The molecule has 0 fully saturated rings. The Balaban J connectivity index is 2.20. The fraction of sp³-hybridized carbons (Fsp3) is 0.118. The number of aryl methyl sites for hydroxylation is 1. The molecule has 0 spiro atoms. The second kappa shape index (κ2) is 5.71. The summed E-state index contributed by atoms with van der Waals surface area (Å²) in [5, 5.41) is 0. The summed E-state index contributed by atoms with van der Waals surface area (Å²) < 4.78 is 5.43. The summed E-state index contributed by atoms with van der Waals surface area (Å²) in [5.74, 6) is 0.622. The van der Waals surface area contributed by atoms with Crippen molar-refractivity contribution in [1.29, 1.82) is 0 Å². The van der Waals surface area contributed by atoms with E-state index >= 15 is 0 Å². The molecule has 3 heterocycles. The van der Waals surface area contributed by atoms with Gasteiger partial charge >= 0.3 is 0 Å². The number of rotatable bonds is 3. The van der Waals surface area contributed by atoms with Crippen molar-refractivity contribution in [3.63, 3.8) is 0 Å². The molecule has 3 rings (SSSR count). The molecular weight excluding hydrogens is 262 g/mol. The van der Waals surface area contributed by atoms with Crippen molar-refractivity contribution in [3.05, 3.63) is 60.8 Å². The highest BCUT2D eigenvalue weighted by molar-refractivity contribution is 5.77. The van der Waals surface area contributed by atoms with Crippen LogP contribution in [0, 0.1) is 6.92 Å². The average Bonchev–Trinajstić information content (AvgIpc) is 2.56. The van der Waals surface area contributed by atoms with Crippen LogP contribution in [0.4, 0.5) is 0 Å². The molecule has 104 valence electrons. The summed E-state index contributed by atoms with van der Waals surface area (Å²) in [5.41, 5.74) is 5.08. The van der Waals surface area contributed by atoms with Crippen LogP contribution < -0.4 is 4.74 Å². The van der Waals surface area contributed by atoms with Crippen molar-refractivity contribution >= 4 is 0 Å². The minimum absolute atomic E-state index is 0.622. The van der Waals surface area contributed by atoms with E-state index < -0.39 is 0 Å². The number of pyridine rings is 3. The smallest absolute Gasteiger partial charge is 0.221 e. The Bertz CT molecular complexity index is 743. The molecule has 3 aromatic heterocycles. The first-order valence-corrected chi connectivity index (χ1v) is 6.66. The van der Waals surface area contributed by atoms with E-state index in [9.17, 15) is 0 Å². The molecule has 0 aliphatic rings. The molecule has 0 saturated heterocycles. The third kappa shape index (κ3) is 2.60. The van der Waals surface area contributed by atoms with Crippen LogP contribution in [0.15, 0.2) is 55.1 Å². The van der Waals surface area contributed by atoms with Crippen LogP contribution in [-0.2, 0) is 0 Å². The standard InChI is InChI=1S/C17H15N3O/c1-12-15(13-3-7-18-8-4-13)11-16(17(20-12)21-2)14-5-9-19-10-6-14/h3-11H,1-2H3. The van der Waals surface area contributed by atoms with Crippen LogP contribution in [0.2, 0.25) is 0 Å². The molecule has 0 amide bonds. The van der Waals surface area contributed by atoms with Crippen LogP contribution in [0.1, 0.15) is 5.69 Å². The first-order valence-electron chi connectivity index (χ1n) is 6.66. The lowest BCUT2D eigenvalue weighted by molar-refractivity contribution is 0.399. The quantitative estimate of drug-likeness (QED) is 0.735. The van der Waals surface area contributed by atoms with Crippen LogP contribution in [-0.4, -0.2) is 22.1 Å². The molecule has 0 aliphatic heterocycles. The Kier molecular flexibility index (Phi) is 3.60. The van der Waals surface area contributed by atoms with Crippen LogP contribution in [0.25, 0.3) is 22.3 Å². The topological polar surface area (TPSA) is 47.9 Å². The molecule has 3 aromatic rings. The molecule has 0 unspecified atom stereocenters.